The van der Waals surface area contributed by atoms with Gasteiger partial charge in [-0.05, 0) is 41.1 Å². The lowest BCUT2D eigenvalue weighted by Crippen LogP contribution is -2.24. The van der Waals surface area contributed by atoms with Crippen LogP contribution in [-0.4, -0.2) is 16.6 Å². The molecule has 0 aromatic carbocycles. The van der Waals surface area contributed by atoms with Crippen molar-refractivity contribution in [2.45, 2.75) is 52.6 Å². The van der Waals surface area contributed by atoms with E-state index in [4.69, 9.17) is 21.3 Å². The first-order chi connectivity index (χ1) is 8.84. The summed E-state index contributed by atoms with van der Waals surface area (Å²) in [6, 6.07) is 0. The van der Waals surface area contributed by atoms with E-state index in [1.165, 1.54) is 12.8 Å². The summed E-state index contributed by atoms with van der Waals surface area (Å²) in [4.78, 5) is 9.12. The van der Waals surface area contributed by atoms with Crippen LogP contribution in [0, 0.1) is 5.41 Å². The van der Waals surface area contributed by atoms with Gasteiger partial charge in [-0.2, -0.15) is 0 Å². The molecule has 3 nitrogen and oxygen atoms in total. The lowest BCUT2D eigenvalue weighted by Gasteiger charge is -2.29. The third-order valence-electron chi connectivity index (χ3n) is 3.17. The first-order valence-corrected chi connectivity index (χ1v) is 7.86. The van der Waals surface area contributed by atoms with Crippen LogP contribution in [-0.2, 0) is 4.74 Å². The predicted molar refractivity (Wildman–Crippen MR) is 80.5 cm³/mol. The molecule has 1 aliphatic rings. The van der Waals surface area contributed by atoms with E-state index in [-0.39, 0.29) is 11.5 Å². The number of rotatable bonds is 4. The molecule has 1 fully saturated rings. The van der Waals surface area contributed by atoms with E-state index in [1.807, 2.05) is 6.92 Å². The molecule has 0 spiro atoms. The van der Waals surface area contributed by atoms with E-state index in [0.717, 1.165) is 10.2 Å². The lowest BCUT2D eigenvalue weighted by molar-refractivity contribution is -0.0192. The van der Waals surface area contributed by atoms with Gasteiger partial charge in [0.15, 0.2) is 5.82 Å². The van der Waals surface area contributed by atoms with E-state index in [1.54, 1.807) is 0 Å². The molecule has 1 aliphatic carbocycles. The largest absolute Gasteiger partial charge is 0.370 e. The fourth-order valence-corrected chi connectivity index (χ4v) is 2.76. The molecule has 0 bridgehead atoms. The monoisotopic (exact) mass is 346 g/mol. The van der Waals surface area contributed by atoms with Gasteiger partial charge in [0.2, 0.25) is 0 Å². The average Bonchev–Trinajstić information content (AvgIpc) is 3.12. The number of hydrogen-bond acceptors (Lipinski definition) is 3. The van der Waals surface area contributed by atoms with Crippen molar-refractivity contribution in [1.82, 2.24) is 9.97 Å². The molecule has 0 aliphatic heterocycles. The van der Waals surface area contributed by atoms with Crippen molar-refractivity contribution in [2.75, 3.05) is 6.61 Å². The van der Waals surface area contributed by atoms with Gasteiger partial charge < -0.3 is 4.74 Å². The van der Waals surface area contributed by atoms with Gasteiger partial charge in [0.1, 0.15) is 11.3 Å². The highest BCUT2D eigenvalue weighted by Crippen LogP contribution is 2.45. The fourth-order valence-electron chi connectivity index (χ4n) is 2.08. The van der Waals surface area contributed by atoms with Crippen LogP contribution in [0.25, 0.3) is 0 Å². The summed E-state index contributed by atoms with van der Waals surface area (Å²) in [6.45, 7) is 9.01. The highest BCUT2D eigenvalue weighted by Gasteiger charge is 2.34. The van der Waals surface area contributed by atoms with Crippen LogP contribution in [0.2, 0.25) is 5.15 Å². The minimum absolute atomic E-state index is 0.0615. The zero-order chi connectivity index (χ0) is 14.2. The molecule has 0 amide bonds. The van der Waals surface area contributed by atoms with Crippen LogP contribution in [0.4, 0.5) is 0 Å². The minimum atomic E-state index is -0.138. The Morgan fingerprint density at radius 1 is 1.37 bits per heavy atom. The Morgan fingerprint density at radius 3 is 2.47 bits per heavy atom. The van der Waals surface area contributed by atoms with Crippen LogP contribution in [0.5, 0.6) is 0 Å². The van der Waals surface area contributed by atoms with E-state index >= 15 is 0 Å². The molecule has 1 atom stereocenters. The summed E-state index contributed by atoms with van der Waals surface area (Å²) < 4.78 is 6.68. The van der Waals surface area contributed by atoms with Gasteiger partial charge in [0.05, 0.1) is 10.2 Å². The number of halogens is 2. The fraction of sp³-hybridized carbons (Fsp3) is 0.714. The van der Waals surface area contributed by atoms with Crippen LogP contribution in [0.3, 0.4) is 0 Å². The van der Waals surface area contributed by atoms with Gasteiger partial charge in [-0.25, -0.2) is 9.97 Å². The second-order valence-corrected chi connectivity index (χ2v) is 7.20. The summed E-state index contributed by atoms with van der Waals surface area (Å²) in [5.74, 6) is 1.22. The zero-order valence-electron chi connectivity index (χ0n) is 11.8. The maximum Gasteiger partial charge on any atom is 0.159 e. The Labute approximate surface area is 128 Å². The van der Waals surface area contributed by atoms with Crippen LogP contribution >= 0.6 is 27.5 Å². The molecule has 1 heterocycles. The normalized spacial score (nSPS) is 17.6. The minimum Gasteiger partial charge on any atom is -0.370 e. The van der Waals surface area contributed by atoms with Crippen molar-refractivity contribution in [2.24, 2.45) is 5.41 Å². The average molecular weight is 348 g/mol. The summed E-state index contributed by atoms with van der Waals surface area (Å²) in [6.07, 6.45) is 2.22. The second kappa shape index (κ2) is 5.66. The first kappa shape index (κ1) is 15.2. The van der Waals surface area contributed by atoms with E-state index in [0.29, 0.717) is 23.5 Å². The summed E-state index contributed by atoms with van der Waals surface area (Å²) >= 11 is 9.73. The molecular weight excluding hydrogens is 328 g/mol. The molecule has 5 heteroatoms. The molecule has 1 aromatic heterocycles. The van der Waals surface area contributed by atoms with Crippen molar-refractivity contribution in [3.63, 3.8) is 0 Å². The molecule has 0 N–H and O–H groups in total. The summed E-state index contributed by atoms with van der Waals surface area (Å²) in [5, 5.41) is 0.487. The van der Waals surface area contributed by atoms with Gasteiger partial charge in [0.25, 0.3) is 0 Å². The smallest absolute Gasteiger partial charge is 0.159 e. The second-order valence-electron chi connectivity index (χ2n) is 6.05. The molecule has 19 heavy (non-hydrogen) atoms. The molecule has 1 aromatic rings. The Kier molecular flexibility index (Phi) is 4.53. The molecular formula is C14H20BrClN2O. The first-order valence-electron chi connectivity index (χ1n) is 6.69. The Hall–Kier alpha value is -0.190. The van der Waals surface area contributed by atoms with Gasteiger partial charge in [-0.15, -0.1) is 0 Å². The predicted octanol–water partition coefficient (Wildman–Crippen LogP) is 4.89. The topological polar surface area (TPSA) is 35.0 Å². The number of ether oxygens (including phenoxy) is 1. The molecule has 1 saturated carbocycles. The van der Waals surface area contributed by atoms with Gasteiger partial charge >= 0.3 is 0 Å². The maximum atomic E-state index is 6.23. The maximum absolute atomic E-state index is 6.23. The Morgan fingerprint density at radius 2 is 2.00 bits per heavy atom. The molecule has 106 valence electrons. The standard InChI is InChI=1S/C14H20BrClN2O/c1-5-19-11(14(2,3)4)13-17-10(8-6-7-8)9(15)12(16)18-13/h8,11H,5-7H2,1-4H3. The summed E-state index contributed by atoms with van der Waals surface area (Å²) in [5.41, 5.74) is 0.970. The van der Waals surface area contributed by atoms with Crippen LogP contribution in [0.1, 0.15) is 64.1 Å². The van der Waals surface area contributed by atoms with E-state index in [9.17, 15) is 0 Å². The van der Waals surface area contributed by atoms with E-state index < -0.39 is 0 Å². The number of aromatic nitrogens is 2. The Bertz CT molecular complexity index is 469. The molecule has 0 saturated heterocycles. The van der Waals surface area contributed by atoms with Gasteiger partial charge in [0, 0.05) is 12.5 Å². The third-order valence-corrected chi connectivity index (χ3v) is 4.46. The van der Waals surface area contributed by atoms with Crippen molar-refractivity contribution >= 4 is 27.5 Å². The van der Waals surface area contributed by atoms with Crippen molar-refractivity contribution in [3.05, 3.63) is 21.1 Å². The number of nitrogens with zero attached hydrogens (tertiary/aromatic N) is 2. The quantitative estimate of drug-likeness (QED) is 0.727. The van der Waals surface area contributed by atoms with Crippen molar-refractivity contribution in [3.8, 4) is 0 Å². The number of hydrogen-bond donors (Lipinski definition) is 0. The van der Waals surface area contributed by atoms with Crippen LogP contribution < -0.4 is 0 Å². The Balaban J connectivity index is 2.42. The lowest BCUT2D eigenvalue weighted by atomic mass is 9.88. The third kappa shape index (κ3) is 3.47. The van der Waals surface area contributed by atoms with Crippen LogP contribution in [0.15, 0.2) is 4.47 Å². The molecule has 1 unspecified atom stereocenters. The van der Waals surface area contributed by atoms with Gasteiger partial charge in [-0.1, -0.05) is 32.4 Å². The highest BCUT2D eigenvalue weighted by molar-refractivity contribution is 9.10. The molecule has 2 rings (SSSR count). The highest BCUT2D eigenvalue weighted by atomic mass is 79.9. The zero-order valence-corrected chi connectivity index (χ0v) is 14.2. The molecule has 0 radical (unpaired) electrons. The van der Waals surface area contributed by atoms with Gasteiger partial charge in [-0.3, -0.25) is 0 Å². The van der Waals surface area contributed by atoms with E-state index in [2.05, 4.69) is 41.7 Å². The SMILES string of the molecule is CCOC(c1nc(Cl)c(Br)c(C2CC2)n1)C(C)(C)C. The summed E-state index contributed by atoms with van der Waals surface area (Å²) in [7, 11) is 0. The van der Waals surface area contributed by atoms with Crippen molar-refractivity contribution in [1.29, 1.82) is 0 Å². The van der Waals surface area contributed by atoms with Crippen molar-refractivity contribution < 1.29 is 4.74 Å².